The number of nitrogens with zero attached hydrogens (tertiary/aromatic N) is 1. The second-order valence-corrected chi connectivity index (χ2v) is 6.10. The molecule has 1 N–H and O–H groups in total. The minimum absolute atomic E-state index is 0. The molecule has 0 aliphatic carbocycles. The Morgan fingerprint density at radius 2 is 1.74 bits per heavy atom. The number of ether oxygens (including phenoxy) is 1. The van der Waals surface area contributed by atoms with Crippen molar-refractivity contribution in [1.29, 1.82) is 0 Å². The molecule has 2 fully saturated rings. The minimum Gasteiger partial charge on any atom is -0.368 e. The van der Waals surface area contributed by atoms with Crippen molar-refractivity contribution in [3.63, 3.8) is 0 Å². The van der Waals surface area contributed by atoms with Gasteiger partial charge in [0.1, 0.15) is 5.60 Å². The van der Waals surface area contributed by atoms with Crippen molar-refractivity contribution in [2.75, 3.05) is 33.3 Å². The largest absolute Gasteiger partial charge is 0.368 e. The van der Waals surface area contributed by atoms with Crippen molar-refractivity contribution < 1.29 is 9.53 Å². The summed E-state index contributed by atoms with van der Waals surface area (Å²) in [5, 5.41) is 3.30. The van der Waals surface area contributed by atoms with Gasteiger partial charge in [-0.25, -0.2) is 0 Å². The van der Waals surface area contributed by atoms with Gasteiger partial charge >= 0.3 is 0 Å². The molecule has 2 unspecified atom stereocenters. The van der Waals surface area contributed by atoms with Crippen molar-refractivity contribution in [2.24, 2.45) is 11.8 Å². The second-order valence-electron chi connectivity index (χ2n) is 6.10. The molecule has 2 atom stereocenters. The normalized spacial score (nSPS) is 30.6. The minimum atomic E-state index is -0.567. The van der Waals surface area contributed by atoms with Crippen molar-refractivity contribution in [2.45, 2.75) is 38.7 Å². The van der Waals surface area contributed by atoms with Crippen LogP contribution >= 0.6 is 12.4 Å². The van der Waals surface area contributed by atoms with E-state index in [1.165, 1.54) is 6.42 Å². The van der Waals surface area contributed by atoms with Gasteiger partial charge in [-0.1, -0.05) is 13.8 Å². The van der Waals surface area contributed by atoms with Gasteiger partial charge in [0.05, 0.1) is 0 Å². The van der Waals surface area contributed by atoms with E-state index in [-0.39, 0.29) is 18.3 Å². The van der Waals surface area contributed by atoms with E-state index in [2.05, 4.69) is 19.2 Å². The molecular formula is C14H27ClN2O2. The fraction of sp³-hybridized carbons (Fsp3) is 0.929. The maximum Gasteiger partial charge on any atom is 0.254 e. The summed E-state index contributed by atoms with van der Waals surface area (Å²) in [7, 11) is 1.68. The van der Waals surface area contributed by atoms with Crippen molar-refractivity contribution >= 4 is 18.3 Å². The molecule has 2 rings (SSSR count). The molecule has 4 nitrogen and oxygen atoms in total. The first-order valence-corrected chi connectivity index (χ1v) is 7.12. The third-order valence-electron chi connectivity index (χ3n) is 4.35. The molecule has 2 saturated heterocycles. The van der Waals surface area contributed by atoms with Crippen LogP contribution in [0.1, 0.15) is 33.1 Å². The van der Waals surface area contributed by atoms with E-state index in [1.807, 2.05) is 4.90 Å². The Morgan fingerprint density at radius 1 is 1.21 bits per heavy atom. The standard InChI is InChI=1S/C14H26N2O2.ClH/c1-11-8-12(2)10-16(9-11)13(17)14(18-3)4-6-15-7-5-14;/h11-12,15H,4-10H2,1-3H3;1H. The Labute approximate surface area is 122 Å². The summed E-state index contributed by atoms with van der Waals surface area (Å²) < 4.78 is 5.63. The number of amides is 1. The third kappa shape index (κ3) is 3.61. The highest BCUT2D eigenvalue weighted by Gasteiger charge is 2.43. The topological polar surface area (TPSA) is 41.6 Å². The Morgan fingerprint density at radius 3 is 2.21 bits per heavy atom. The predicted molar refractivity (Wildman–Crippen MR) is 78.6 cm³/mol. The Bertz CT molecular complexity index is 296. The quantitative estimate of drug-likeness (QED) is 0.841. The molecule has 5 heteroatoms. The first-order valence-electron chi connectivity index (χ1n) is 7.12. The molecule has 0 spiro atoms. The smallest absolute Gasteiger partial charge is 0.254 e. The number of methoxy groups -OCH3 is 1. The number of halogens is 1. The first-order chi connectivity index (χ1) is 8.57. The number of nitrogens with one attached hydrogen (secondary N) is 1. The van der Waals surface area contributed by atoms with Gasteiger partial charge < -0.3 is 15.0 Å². The molecule has 0 saturated carbocycles. The average molecular weight is 291 g/mol. The molecule has 1 amide bonds. The summed E-state index contributed by atoms with van der Waals surface area (Å²) in [4.78, 5) is 14.8. The molecule has 0 aromatic rings. The zero-order valence-corrected chi connectivity index (χ0v) is 13.1. The number of likely N-dealkylation sites (tertiary alicyclic amines) is 1. The lowest BCUT2D eigenvalue weighted by Gasteiger charge is -2.42. The summed E-state index contributed by atoms with van der Waals surface area (Å²) >= 11 is 0. The van der Waals surface area contributed by atoms with Gasteiger partial charge in [0, 0.05) is 20.2 Å². The van der Waals surface area contributed by atoms with Crippen LogP contribution in [0.2, 0.25) is 0 Å². The van der Waals surface area contributed by atoms with Crippen LogP contribution in [-0.4, -0.2) is 49.7 Å². The number of carbonyl (C=O) groups is 1. The third-order valence-corrected chi connectivity index (χ3v) is 4.35. The highest BCUT2D eigenvalue weighted by molar-refractivity contribution is 5.86. The van der Waals surface area contributed by atoms with E-state index in [9.17, 15) is 4.79 Å². The van der Waals surface area contributed by atoms with Gasteiger partial charge in [-0.15, -0.1) is 12.4 Å². The lowest BCUT2D eigenvalue weighted by molar-refractivity contribution is -0.161. The van der Waals surface area contributed by atoms with Crippen LogP contribution in [0.25, 0.3) is 0 Å². The van der Waals surface area contributed by atoms with Crippen molar-refractivity contribution in [1.82, 2.24) is 10.2 Å². The number of piperidine rings is 2. The molecule has 2 aliphatic rings. The lowest BCUT2D eigenvalue weighted by Crippen LogP contribution is -2.57. The predicted octanol–water partition coefficient (Wildman–Crippen LogP) is 1.68. The Hall–Kier alpha value is -0.320. The molecule has 0 bridgehead atoms. The zero-order valence-electron chi connectivity index (χ0n) is 12.3. The van der Waals surface area contributed by atoms with E-state index >= 15 is 0 Å². The Kier molecular flexibility index (Phi) is 6.09. The molecule has 112 valence electrons. The van der Waals surface area contributed by atoms with E-state index in [0.717, 1.165) is 39.0 Å². The number of hydrogen-bond acceptors (Lipinski definition) is 3. The van der Waals surface area contributed by atoms with Crippen LogP contribution in [0, 0.1) is 11.8 Å². The van der Waals surface area contributed by atoms with E-state index in [0.29, 0.717) is 11.8 Å². The highest BCUT2D eigenvalue weighted by atomic mass is 35.5. The van der Waals surface area contributed by atoms with Crippen LogP contribution in [-0.2, 0) is 9.53 Å². The maximum atomic E-state index is 12.8. The number of rotatable bonds is 2. The van der Waals surface area contributed by atoms with Gasteiger partial charge in [0.15, 0.2) is 0 Å². The fourth-order valence-electron chi connectivity index (χ4n) is 3.45. The van der Waals surface area contributed by atoms with Gasteiger partial charge in [-0.2, -0.15) is 0 Å². The molecule has 19 heavy (non-hydrogen) atoms. The summed E-state index contributed by atoms with van der Waals surface area (Å²) in [6.07, 6.45) is 2.81. The second kappa shape index (κ2) is 6.91. The molecule has 2 aliphatic heterocycles. The Balaban J connectivity index is 0.00000180. The molecule has 0 aromatic heterocycles. The van der Waals surface area contributed by atoms with E-state index < -0.39 is 5.60 Å². The van der Waals surface area contributed by atoms with Gasteiger partial charge in [-0.3, -0.25) is 4.79 Å². The van der Waals surface area contributed by atoms with Crippen LogP contribution in [0.15, 0.2) is 0 Å². The summed E-state index contributed by atoms with van der Waals surface area (Å²) in [6, 6.07) is 0. The van der Waals surface area contributed by atoms with Crippen molar-refractivity contribution in [3.8, 4) is 0 Å². The van der Waals surface area contributed by atoms with Crippen LogP contribution < -0.4 is 5.32 Å². The summed E-state index contributed by atoms with van der Waals surface area (Å²) in [5.41, 5.74) is -0.567. The zero-order chi connectivity index (χ0) is 13.2. The fourth-order valence-corrected chi connectivity index (χ4v) is 3.45. The SMILES string of the molecule is COC1(C(=O)N2CC(C)CC(C)C2)CCNCC1.Cl. The molecule has 2 heterocycles. The molecule has 0 aromatic carbocycles. The van der Waals surface area contributed by atoms with E-state index in [4.69, 9.17) is 4.74 Å². The van der Waals surface area contributed by atoms with Gasteiger partial charge in [0.25, 0.3) is 5.91 Å². The highest BCUT2D eigenvalue weighted by Crippen LogP contribution is 2.29. The van der Waals surface area contributed by atoms with E-state index in [1.54, 1.807) is 7.11 Å². The summed E-state index contributed by atoms with van der Waals surface area (Å²) in [5.74, 6) is 1.42. The van der Waals surface area contributed by atoms with Gasteiger partial charge in [-0.05, 0) is 44.2 Å². The average Bonchev–Trinajstić information content (AvgIpc) is 2.37. The first kappa shape index (κ1) is 16.7. The molecular weight excluding hydrogens is 264 g/mol. The molecule has 0 radical (unpaired) electrons. The monoisotopic (exact) mass is 290 g/mol. The number of hydrogen-bond donors (Lipinski definition) is 1. The van der Waals surface area contributed by atoms with Crippen molar-refractivity contribution in [3.05, 3.63) is 0 Å². The number of carbonyl (C=O) groups excluding carboxylic acids is 1. The maximum absolute atomic E-state index is 12.8. The van der Waals surface area contributed by atoms with Crippen LogP contribution in [0.4, 0.5) is 0 Å². The lowest BCUT2D eigenvalue weighted by atomic mass is 9.86. The summed E-state index contributed by atoms with van der Waals surface area (Å²) in [6.45, 7) is 8.00. The van der Waals surface area contributed by atoms with Gasteiger partial charge in [0.2, 0.25) is 0 Å². The van der Waals surface area contributed by atoms with Crippen LogP contribution in [0.3, 0.4) is 0 Å². The van der Waals surface area contributed by atoms with Crippen LogP contribution in [0.5, 0.6) is 0 Å².